The highest BCUT2D eigenvalue weighted by molar-refractivity contribution is 7.90. The lowest BCUT2D eigenvalue weighted by molar-refractivity contribution is 0.0846. The third kappa shape index (κ3) is 6.09. The predicted octanol–water partition coefficient (Wildman–Crippen LogP) is 3.90. The van der Waals surface area contributed by atoms with Crippen LogP contribution in [0.5, 0.6) is 0 Å². The molecule has 1 saturated carbocycles. The molecular formula is C37H46N6O6S. The number of pyridine rings is 1. The molecule has 2 aromatic carbocycles. The molecule has 2 saturated heterocycles. The molecule has 266 valence electrons. The Morgan fingerprint density at radius 3 is 2.36 bits per heavy atom. The van der Waals surface area contributed by atoms with Crippen LogP contribution in [0.15, 0.2) is 46.0 Å². The largest absolute Gasteiger partial charge is 0.381 e. The maximum Gasteiger partial charge on any atom is 0.329 e. The van der Waals surface area contributed by atoms with Crippen LogP contribution in [0.1, 0.15) is 71.4 Å². The fourth-order valence-electron chi connectivity index (χ4n) is 7.65. The van der Waals surface area contributed by atoms with Crippen molar-refractivity contribution < 1.29 is 17.9 Å². The number of fused-ring (bicyclic) bond motifs is 1. The van der Waals surface area contributed by atoms with E-state index >= 15 is 0 Å². The van der Waals surface area contributed by atoms with Gasteiger partial charge in [0.05, 0.1) is 22.3 Å². The van der Waals surface area contributed by atoms with Gasteiger partial charge in [0.25, 0.3) is 11.5 Å². The number of imidazole rings is 1. The Labute approximate surface area is 292 Å². The monoisotopic (exact) mass is 702 g/mol. The number of rotatable bonds is 10. The van der Waals surface area contributed by atoms with E-state index in [9.17, 15) is 22.8 Å². The lowest BCUT2D eigenvalue weighted by atomic mass is 9.95. The lowest BCUT2D eigenvalue weighted by Gasteiger charge is -2.38. The van der Waals surface area contributed by atoms with Crippen LogP contribution < -0.4 is 21.5 Å². The van der Waals surface area contributed by atoms with Crippen LogP contribution in [0.2, 0.25) is 0 Å². The second-order valence-electron chi connectivity index (χ2n) is 14.1. The Hall–Kier alpha value is -4.20. The van der Waals surface area contributed by atoms with E-state index in [-0.39, 0.29) is 54.1 Å². The van der Waals surface area contributed by atoms with Crippen LogP contribution in [0.4, 0.5) is 5.69 Å². The van der Waals surface area contributed by atoms with Gasteiger partial charge < -0.3 is 19.9 Å². The molecule has 0 unspecified atom stereocenters. The van der Waals surface area contributed by atoms with Gasteiger partial charge in [-0.25, -0.2) is 13.2 Å². The first-order valence-corrected chi connectivity index (χ1v) is 19.1. The SMILES string of the molecule is CCN(c1cc(-c2ccc3c(c2)n(C2CN(S(=O)(=O)C4CC4)C2)c(=O)n3C)cc(C(=O)NCc2c(C)cc(C)[nH]c2=O)c1C)C1CCOCC1. The van der Waals surface area contributed by atoms with Crippen LogP contribution in [0, 0.1) is 20.8 Å². The minimum atomic E-state index is -3.31. The second kappa shape index (κ2) is 13.2. The summed E-state index contributed by atoms with van der Waals surface area (Å²) in [5.41, 5.74) is 7.14. The van der Waals surface area contributed by atoms with E-state index < -0.39 is 10.0 Å². The maximum atomic E-state index is 14.0. The highest BCUT2D eigenvalue weighted by Gasteiger charge is 2.46. The van der Waals surface area contributed by atoms with E-state index in [1.807, 2.05) is 51.1 Å². The molecule has 2 aliphatic heterocycles. The lowest BCUT2D eigenvalue weighted by Crippen LogP contribution is -2.53. The summed E-state index contributed by atoms with van der Waals surface area (Å²) in [5, 5.41) is 2.72. The van der Waals surface area contributed by atoms with Gasteiger partial charge >= 0.3 is 5.69 Å². The molecule has 3 aliphatic rings. The van der Waals surface area contributed by atoms with E-state index in [0.717, 1.165) is 64.1 Å². The Kier molecular flexibility index (Phi) is 9.02. The molecular weight excluding hydrogens is 657 g/mol. The molecule has 50 heavy (non-hydrogen) atoms. The fourth-order valence-corrected chi connectivity index (χ4v) is 9.56. The molecule has 3 fully saturated rings. The van der Waals surface area contributed by atoms with E-state index in [4.69, 9.17) is 4.74 Å². The molecule has 0 spiro atoms. The molecule has 4 aromatic rings. The van der Waals surface area contributed by atoms with Gasteiger partial charge in [0, 0.05) is 75.0 Å². The van der Waals surface area contributed by atoms with Crippen molar-refractivity contribution in [1.82, 2.24) is 23.7 Å². The fraction of sp³-hybridized carbons (Fsp3) is 0.486. The Morgan fingerprint density at radius 2 is 1.70 bits per heavy atom. The summed E-state index contributed by atoms with van der Waals surface area (Å²) in [6.07, 6.45) is 3.16. The van der Waals surface area contributed by atoms with Crippen molar-refractivity contribution in [3.05, 3.63) is 85.2 Å². The van der Waals surface area contributed by atoms with Crippen molar-refractivity contribution in [2.45, 2.75) is 77.3 Å². The van der Waals surface area contributed by atoms with Gasteiger partial charge in [0.15, 0.2) is 0 Å². The molecule has 4 heterocycles. The van der Waals surface area contributed by atoms with Crippen molar-refractivity contribution in [2.24, 2.45) is 7.05 Å². The summed E-state index contributed by atoms with van der Waals surface area (Å²) >= 11 is 0. The first kappa shape index (κ1) is 34.3. The first-order valence-electron chi connectivity index (χ1n) is 17.6. The average molecular weight is 703 g/mol. The third-order valence-electron chi connectivity index (χ3n) is 10.7. The molecule has 13 heteroatoms. The summed E-state index contributed by atoms with van der Waals surface area (Å²) < 4.78 is 36.2. The Bertz CT molecular complexity index is 2200. The van der Waals surface area contributed by atoms with Crippen molar-refractivity contribution >= 4 is 32.7 Å². The number of aromatic nitrogens is 3. The Morgan fingerprint density at radius 1 is 0.980 bits per heavy atom. The second-order valence-corrected chi connectivity index (χ2v) is 16.3. The molecule has 1 amide bonds. The molecule has 0 atom stereocenters. The van der Waals surface area contributed by atoms with E-state index in [1.165, 1.54) is 4.31 Å². The molecule has 12 nitrogen and oxygen atoms in total. The summed E-state index contributed by atoms with van der Waals surface area (Å²) in [6.45, 7) is 10.5. The van der Waals surface area contributed by atoms with Crippen molar-refractivity contribution in [3.8, 4) is 11.1 Å². The minimum absolute atomic E-state index is 0.0911. The number of anilines is 1. The van der Waals surface area contributed by atoms with Crippen LogP contribution in [0.25, 0.3) is 22.2 Å². The number of sulfonamides is 1. The van der Waals surface area contributed by atoms with Crippen LogP contribution in [-0.4, -0.2) is 76.9 Å². The predicted molar refractivity (Wildman–Crippen MR) is 194 cm³/mol. The summed E-state index contributed by atoms with van der Waals surface area (Å²) in [4.78, 5) is 45.4. The van der Waals surface area contributed by atoms with Crippen molar-refractivity contribution in [1.29, 1.82) is 0 Å². The number of nitrogens with one attached hydrogen (secondary N) is 2. The zero-order valence-electron chi connectivity index (χ0n) is 29.4. The van der Waals surface area contributed by atoms with Crippen LogP contribution >= 0.6 is 0 Å². The van der Waals surface area contributed by atoms with Crippen molar-refractivity contribution in [3.63, 3.8) is 0 Å². The zero-order chi connectivity index (χ0) is 35.5. The average Bonchev–Trinajstić information content (AvgIpc) is 3.90. The number of carbonyl (C=O) groups excluding carboxylic acids is 1. The topological polar surface area (TPSA) is 139 Å². The van der Waals surface area contributed by atoms with Gasteiger partial charge in [-0.1, -0.05) is 6.07 Å². The molecule has 7 rings (SSSR count). The number of H-pyrrole nitrogens is 1. The summed E-state index contributed by atoms with van der Waals surface area (Å²) in [6, 6.07) is 11.8. The van der Waals surface area contributed by atoms with E-state index in [1.54, 1.807) is 16.2 Å². The van der Waals surface area contributed by atoms with Crippen LogP contribution in [0.3, 0.4) is 0 Å². The standard InChI is InChI=1S/C37H46N6O6S/c1-6-42(27-11-13-49-14-12-27)33-18-26(16-30(24(33)4)35(44)38-19-31-22(2)15-23(3)39-36(31)45)25-7-10-32-34(17-25)43(37(46)40(32)5)28-20-41(21-28)50(47,48)29-8-9-29/h7,10,15-18,27-29H,6,8-9,11-14,19-21H2,1-5H3,(H,38,44)(H,39,45). The molecule has 1 aliphatic carbocycles. The van der Waals surface area contributed by atoms with Gasteiger partial charge in [-0.3, -0.25) is 18.7 Å². The number of amides is 1. The number of hydrogen-bond acceptors (Lipinski definition) is 7. The number of ether oxygens (including phenoxy) is 1. The number of aryl methyl sites for hydroxylation is 3. The van der Waals surface area contributed by atoms with Crippen LogP contribution in [-0.2, 0) is 28.4 Å². The van der Waals surface area contributed by atoms with Gasteiger partial charge in [-0.2, -0.15) is 4.31 Å². The quantitative estimate of drug-likeness (QED) is 0.256. The molecule has 0 bridgehead atoms. The number of carbonyl (C=O) groups is 1. The van der Waals surface area contributed by atoms with E-state index in [0.29, 0.717) is 37.2 Å². The number of aromatic amines is 1. The maximum absolute atomic E-state index is 14.0. The normalized spacial score (nSPS) is 17.6. The van der Waals surface area contributed by atoms with Gasteiger partial charge in [0.1, 0.15) is 0 Å². The zero-order valence-corrected chi connectivity index (χ0v) is 30.2. The highest BCUT2D eigenvalue weighted by atomic mass is 32.2. The number of benzene rings is 2. The first-order chi connectivity index (χ1) is 23.9. The third-order valence-corrected chi connectivity index (χ3v) is 13.1. The number of hydrogen-bond donors (Lipinski definition) is 2. The van der Waals surface area contributed by atoms with Gasteiger partial charge in [-0.15, -0.1) is 0 Å². The Balaban J connectivity index is 1.28. The summed E-state index contributed by atoms with van der Waals surface area (Å²) in [5.74, 6) is -0.280. The molecule has 2 N–H and O–H groups in total. The highest BCUT2D eigenvalue weighted by Crippen LogP contribution is 2.38. The summed E-state index contributed by atoms with van der Waals surface area (Å²) in [7, 11) is -1.58. The smallest absolute Gasteiger partial charge is 0.329 e. The van der Waals surface area contributed by atoms with Gasteiger partial charge in [0.2, 0.25) is 10.0 Å². The van der Waals surface area contributed by atoms with E-state index in [2.05, 4.69) is 28.2 Å². The number of nitrogens with zero attached hydrogens (tertiary/aromatic N) is 4. The molecule has 2 aromatic heterocycles. The van der Waals surface area contributed by atoms with Crippen molar-refractivity contribution in [2.75, 3.05) is 37.7 Å². The minimum Gasteiger partial charge on any atom is -0.381 e. The van der Waals surface area contributed by atoms with Gasteiger partial charge in [-0.05, 0) is 106 Å². The molecule has 0 radical (unpaired) electrons.